The molecule has 0 bridgehead atoms. The summed E-state index contributed by atoms with van der Waals surface area (Å²) in [4.78, 5) is 23.1. The SMILES string of the molecule is CC1(C)CCC(NC(=O)N[C@H](C(=O)O)C(C)(C)C)C1. The van der Waals surface area contributed by atoms with Crippen molar-refractivity contribution >= 4 is 12.0 Å². The zero-order valence-corrected chi connectivity index (χ0v) is 12.5. The first kappa shape index (κ1) is 15.8. The van der Waals surface area contributed by atoms with E-state index in [4.69, 9.17) is 5.11 Å². The third kappa shape index (κ3) is 4.73. The average molecular weight is 270 g/mol. The Balaban J connectivity index is 2.53. The number of carboxylic acids is 1. The van der Waals surface area contributed by atoms with Crippen molar-refractivity contribution in [1.82, 2.24) is 10.6 Å². The summed E-state index contributed by atoms with van der Waals surface area (Å²) in [6, 6.07) is -1.13. The summed E-state index contributed by atoms with van der Waals surface area (Å²) in [5, 5.41) is 14.6. The Labute approximate surface area is 115 Å². The highest BCUT2D eigenvalue weighted by atomic mass is 16.4. The molecule has 1 rings (SSSR count). The summed E-state index contributed by atoms with van der Waals surface area (Å²) in [7, 11) is 0. The first-order valence-corrected chi connectivity index (χ1v) is 6.81. The second kappa shape index (κ2) is 5.39. The van der Waals surface area contributed by atoms with Gasteiger partial charge < -0.3 is 15.7 Å². The van der Waals surface area contributed by atoms with Gasteiger partial charge >= 0.3 is 12.0 Å². The predicted octanol–water partition coefficient (Wildman–Crippen LogP) is 2.36. The third-order valence-electron chi connectivity index (χ3n) is 3.69. The van der Waals surface area contributed by atoms with Gasteiger partial charge in [-0.25, -0.2) is 9.59 Å². The Morgan fingerprint density at radius 1 is 1.32 bits per heavy atom. The molecule has 1 unspecified atom stereocenters. The van der Waals surface area contributed by atoms with Crippen LogP contribution in [0.2, 0.25) is 0 Å². The molecule has 0 saturated heterocycles. The van der Waals surface area contributed by atoms with Gasteiger partial charge in [-0.1, -0.05) is 34.6 Å². The summed E-state index contributed by atoms with van der Waals surface area (Å²) in [5.41, 5.74) is -0.258. The lowest BCUT2D eigenvalue weighted by Crippen LogP contribution is -2.53. The molecule has 2 amide bonds. The minimum atomic E-state index is -1.01. The summed E-state index contributed by atoms with van der Waals surface area (Å²) in [6.45, 7) is 9.75. The Hall–Kier alpha value is -1.26. The molecule has 3 N–H and O–H groups in total. The molecule has 5 nitrogen and oxygen atoms in total. The van der Waals surface area contributed by atoms with Gasteiger partial charge in [0.2, 0.25) is 0 Å². The van der Waals surface area contributed by atoms with Gasteiger partial charge in [-0.05, 0) is 30.1 Å². The number of aliphatic carboxylic acids is 1. The van der Waals surface area contributed by atoms with Crippen molar-refractivity contribution in [3.05, 3.63) is 0 Å². The van der Waals surface area contributed by atoms with Gasteiger partial charge in [0.25, 0.3) is 0 Å². The molecule has 1 saturated carbocycles. The molecule has 1 aliphatic rings. The average Bonchev–Trinajstić information content (AvgIpc) is 2.52. The van der Waals surface area contributed by atoms with E-state index in [0.717, 1.165) is 19.3 Å². The fourth-order valence-corrected chi connectivity index (χ4v) is 2.57. The molecule has 110 valence electrons. The molecule has 0 aromatic carbocycles. The minimum absolute atomic E-state index is 0.143. The summed E-state index contributed by atoms with van der Waals surface area (Å²) in [5.74, 6) is -1.01. The number of carbonyl (C=O) groups excluding carboxylic acids is 1. The van der Waals surface area contributed by atoms with E-state index in [9.17, 15) is 9.59 Å². The van der Waals surface area contributed by atoms with Crippen LogP contribution in [0.4, 0.5) is 4.79 Å². The predicted molar refractivity (Wildman–Crippen MR) is 74.0 cm³/mol. The minimum Gasteiger partial charge on any atom is -0.480 e. The van der Waals surface area contributed by atoms with Crippen LogP contribution >= 0.6 is 0 Å². The maximum atomic E-state index is 11.9. The largest absolute Gasteiger partial charge is 0.480 e. The molecule has 2 atom stereocenters. The van der Waals surface area contributed by atoms with Crippen LogP contribution in [0.5, 0.6) is 0 Å². The van der Waals surface area contributed by atoms with Crippen molar-refractivity contribution in [3.63, 3.8) is 0 Å². The van der Waals surface area contributed by atoms with Gasteiger partial charge in [-0.3, -0.25) is 0 Å². The Morgan fingerprint density at radius 2 is 1.89 bits per heavy atom. The van der Waals surface area contributed by atoms with Gasteiger partial charge in [0, 0.05) is 6.04 Å². The van der Waals surface area contributed by atoms with Gasteiger partial charge in [0.15, 0.2) is 0 Å². The number of nitrogens with one attached hydrogen (secondary N) is 2. The van der Waals surface area contributed by atoms with Crippen molar-refractivity contribution in [2.75, 3.05) is 0 Å². The van der Waals surface area contributed by atoms with Gasteiger partial charge in [0.1, 0.15) is 6.04 Å². The van der Waals surface area contributed by atoms with E-state index in [1.165, 1.54) is 0 Å². The number of hydrogen-bond donors (Lipinski definition) is 3. The number of carboxylic acid groups (broad SMARTS) is 1. The van der Waals surface area contributed by atoms with Crippen LogP contribution in [-0.2, 0) is 4.79 Å². The molecule has 0 aromatic rings. The van der Waals surface area contributed by atoms with Crippen LogP contribution < -0.4 is 10.6 Å². The molecule has 0 aliphatic heterocycles. The van der Waals surface area contributed by atoms with Crippen LogP contribution in [0, 0.1) is 10.8 Å². The number of hydrogen-bond acceptors (Lipinski definition) is 2. The highest BCUT2D eigenvalue weighted by Gasteiger charge is 2.35. The lowest BCUT2D eigenvalue weighted by molar-refractivity contribution is -0.141. The lowest BCUT2D eigenvalue weighted by atomic mass is 9.87. The molecule has 0 spiro atoms. The van der Waals surface area contributed by atoms with Crippen LogP contribution in [0.25, 0.3) is 0 Å². The molecule has 0 radical (unpaired) electrons. The standard InChI is InChI=1S/C14H26N2O3/c1-13(2,3)10(11(17)18)16-12(19)15-9-6-7-14(4,5)8-9/h9-10H,6-8H2,1-5H3,(H,17,18)(H2,15,16,19)/t9?,10-/m1/s1. The Bertz CT molecular complexity index is 358. The molecule has 1 aliphatic carbocycles. The summed E-state index contributed by atoms with van der Waals surface area (Å²) in [6.07, 6.45) is 2.97. The van der Waals surface area contributed by atoms with E-state index >= 15 is 0 Å². The smallest absolute Gasteiger partial charge is 0.326 e. The van der Waals surface area contributed by atoms with E-state index in [2.05, 4.69) is 24.5 Å². The second-order valence-electron chi connectivity index (χ2n) is 7.36. The van der Waals surface area contributed by atoms with E-state index in [1.807, 2.05) is 0 Å². The second-order valence-corrected chi connectivity index (χ2v) is 7.36. The fourth-order valence-electron chi connectivity index (χ4n) is 2.57. The Morgan fingerprint density at radius 3 is 2.26 bits per heavy atom. The van der Waals surface area contributed by atoms with Crippen molar-refractivity contribution in [2.24, 2.45) is 10.8 Å². The van der Waals surface area contributed by atoms with E-state index in [-0.39, 0.29) is 17.5 Å². The van der Waals surface area contributed by atoms with Crippen LogP contribution in [0.15, 0.2) is 0 Å². The topological polar surface area (TPSA) is 78.4 Å². The van der Waals surface area contributed by atoms with Gasteiger partial charge in [-0.15, -0.1) is 0 Å². The van der Waals surface area contributed by atoms with Crippen molar-refractivity contribution in [1.29, 1.82) is 0 Å². The number of urea groups is 1. The monoisotopic (exact) mass is 270 g/mol. The van der Waals surface area contributed by atoms with Crippen LogP contribution in [0.1, 0.15) is 53.9 Å². The van der Waals surface area contributed by atoms with Crippen molar-refractivity contribution in [2.45, 2.75) is 66.0 Å². The van der Waals surface area contributed by atoms with Crippen LogP contribution in [0.3, 0.4) is 0 Å². The maximum absolute atomic E-state index is 11.9. The molecule has 0 heterocycles. The Kier molecular flexibility index (Phi) is 4.48. The number of amides is 2. The molecular formula is C14H26N2O3. The lowest BCUT2D eigenvalue weighted by Gasteiger charge is -2.28. The first-order valence-electron chi connectivity index (χ1n) is 6.81. The van der Waals surface area contributed by atoms with E-state index in [0.29, 0.717) is 0 Å². The zero-order chi connectivity index (χ0) is 14.8. The molecule has 1 fully saturated rings. The number of rotatable bonds is 3. The highest BCUT2D eigenvalue weighted by molar-refractivity contribution is 5.83. The zero-order valence-electron chi connectivity index (χ0n) is 12.5. The molecular weight excluding hydrogens is 244 g/mol. The van der Waals surface area contributed by atoms with E-state index in [1.54, 1.807) is 20.8 Å². The summed E-state index contributed by atoms with van der Waals surface area (Å²) >= 11 is 0. The quantitative estimate of drug-likeness (QED) is 0.736. The molecule has 19 heavy (non-hydrogen) atoms. The van der Waals surface area contributed by atoms with Gasteiger partial charge in [0.05, 0.1) is 0 Å². The maximum Gasteiger partial charge on any atom is 0.326 e. The van der Waals surface area contributed by atoms with Crippen molar-refractivity contribution in [3.8, 4) is 0 Å². The fraction of sp³-hybridized carbons (Fsp3) is 0.857. The third-order valence-corrected chi connectivity index (χ3v) is 3.69. The van der Waals surface area contributed by atoms with E-state index < -0.39 is 17.4 Å². The van der Waals surface area contributed by atoms with Crippen molar-refractivity contribution < 1.29 is 14.7 Å². The van der Waals surface area contributed by atoms with Gasteiger partial charge in [-0.2, -0.15) is 0 Å². The number of carbonyl (C=O) groups is 2. The normalized spacial score (nSPS) is 23.7. The van der Waals surface area contributed by atoms with Crippen LogP contribution in [-0.4, -0.2) is 29.2 Å². The summed E-state index contributed by atoms with van der Waals surface area (Å²) < 4.78 is 0. The molecule has 0 aromatic heterocycles. The molecule has 5 heteroatoms. The highest BCUT2D eigenvalue weighted by Crippen LogP contribution is 2.36. The first-order chi connectivity index (χ1) is 8.51.